The molecular weight excluding hydrogens is 166 g/mol. The topological polar surface area (TPSA) is 52.3 Å². The van der Waals surface area contributed by atoms with Gasteiger partial charge in [-0.05, 0) is 24.6 Å². The molecule has 0 atom stereocenters. The molecule has 0 aliphatic rings. The lowest BCUT2D eigenvalue weighted by atomic mass is 10.1. The molecule has 0 saturated heterocycles. The summed E-state index contributed by atoms with van der Waals surface area (Å²) in [5.41, 5.74) is 7.02. The molecule has 0 radical (unpaired) electrons. The lowest BCUT2D eigenvalue weighted by Crippen LogP contribution is -2.01. The van der Waals surface area contributed by atoms with E-state index in [9.17, 15) is 4.79 Å². The Balaban J connectivity index is 3.15. The summed E-state index contributed by atoms with van der Waals surface area (Å²) in [7, 11) is 1.54. The van der Waals surface area contributed by atoms with Crippen molar-refractivity contribution in [2.45, 2.75) is 13.5 Å². The summed E-state index contributed by atoms with van der Waals surface area (Å²) in [6, 6.07) is 5.36. The fourth-order valence-corrected chi connectivity index (χ4v) is 1.15. The maximum absolute atomic E-state index is 11.1. The molecule has 0 aliphatic carbocycles. The Kier molecular flexibility index (Phi) is 3.03. The second kappa shape index (κ2) is 4.05. The van der Waals surface area contributed by atoms with Crippen LogP contribution in [0.5, 0.6) is 5.75 Å². The van der Waals surface area contributed by atoms with E-state index in [1.165, 1.54) is 6.92 Å². The van der Waals surface area contributed by atoms with Gasteiger partial charge in [0.05, 0.1) is 12.7 Å². The zero-order chi connectivity index (χ0) is 9.84. The highest BCUT2D eigenvalue weighted by atomic mass is 16.5. The molecule has 1 rings (SSSR count). The Labute approximate surface area is 77.5 Å². The third-order valence-corrected chi connectivity index (χ3v) is 1.88. The van der Waals surface area contributed by atoms with Gasteiger partial charge in [0.2, 0.25) is 0 Å². The number of ether oxygens (including phenoxy) is 1. The molecule has 0 saturated carbocycles. The number of benzene rings is 1. The van der Waals surface area contributed by atoms with Gasteiger partial charge >= 0.3 is 0 Å². The van der Waals surface area contributed by atoms with Gasteiger partial charge in [-0.3, -0.25) is 4.79 Å². The first-order valence-electron chi connectivity index (χ1n) is 4.07. The third kappa shape index (κ3) is 2.06. The highest BCUT2D eigenvalue weighted by Gasteiger charge is 2.07. The van der Waals surface area contributed by atoms with Crippen LogP contribution in [-0.2, 0) is 6.54 Å². The van der Waals surface area contributed by atoms with E-state index in [1.54, 1.807) is 19.2 Å². The molecule has 3 nitrogen and oxygen atoms in total. The van der Waals surface area contributed by atoms with Gasteiger partial charge in [0.1, 0.15) is 5.75 Å². The molecule has 3 heteroatoms. The first kappa shape index (κ1) is 9.74. The summed E-state index contributed by atoms with van der Waals surface area (Å²) in [6.07, 6.45) is 0. The normalized spacial score (nSPS) is 9.77. The predicted molar refractivity (Wildman–Crippen MR) is 50.9 cm³/mol. The SMILES string of the molecule is COc1cc(CN)ccc1C(C)=O. The number of carbonyl (C=O) groups excluding carboxylic acids is 1. The minimum atomic E-state index is 0.000390. The lowest BCUT2D eigenvalue weighted by Gasteiger charge is -2.06. The van der Waals surface area contributed by atoms with Crippen molar-refractivity contribution >= 4 is 5.78 Å². The van der Waals surface area contributed by atoms with Crippen LogP contribution in [0.2, 0.25) is 0 Å². The predicted octanol–water partition coefficient (Wildman–Crippen LogP) is 1.36. The van der Waals surface area contributed by atoms with Crippen LogP contribution in [0, 0.1) is 0 Å². The smallest absolute Gasteiger partial charge is 0.163 e. The first-order chi connectivity index (χ1) is 6.19. The molecule has 0 bridgehead atoms. The number of ketones is 1. The van der Waals surface area contributed by atoms with E-state index in [0.717, 1.165) is 5.56 Å². The van der Waals surface area contributed by atoms with Gasteiger partial charge in [0, 0.05) is 6.54 Å². The Bertz CT molecular complexity index is 321. The van der Waals surface area contributed by atoms with Crippen molar-refractivity contribution in [3.8, 4) is 5.75 Å². The first-order valence-corrected chi connectivity index (χ1v) is 4.07. The van der Waals surface area contributed by atoms with Crippen LogP contribution in [0.15, 0.2) is 18.2 Å². The molecule has 2 N–H and O–H groups in total. The molecule has 0 aromatic heterocycles. The quantitative estimate of drug-likeness (QED) is 0.713. The molecule has 13 heavy (non-hydrogen) atoms. The molecule has 0 unspecified atom stereocenters. The van der Waals surface area contributed by atoms with Crippen molar-refractivity contribution in [1.82, 2.24) is 0 Å². The van der Waals surface area contributed by atoms with E-state index < -0.39 is 0 Å². The van der Waals surface area contributed by atoms with Crippen molar-refractivity contribution in [3.05, 3.63) is 29.3 Å². The van der Waals surface area contributed by atoms with Crippen LogP contribution in [0.1, 0.15) is 22.8 Å². The zero-order valence-electron chi connectivity index (χ0n) is 7.83. The number of hydrogen-bond donors (Lipinski definition) is 1. The lowest BCUT2D eigenvalue weighted by molar-refractivity contribution is 0.101. The highest BCUT2D eigenvalue weighted by Crippen LogP contribution is 2.20. The van der Waals surface area contributed by atoms with Gasteiger partial charge in [-0.1, -0.05) is 6.07 Å². The summed E-state index contributed by atoms with van der Waals surface area (Å²) < 4.78 is 5.07. The highest BCUT2D eigenvalue weighted by molar-refractivity contribution is 5.96. The summed E-state index contributed by atoms with van der Waals surface area (Å²) in [6.45, 7) is 1.97. The van der Waals surface area contributed by atoms with E-state index in [2.05, 4.69) is 0 Å². The van der Waals surface area contributed by atoms with Crippen LogP contribution < -0.4 is 10.5 Å². The number of rotatable bonds is 3. The number of methoxy groups -OCH3 is 1. The van der Waals surface area contributed by atoms with E-state index in [1.807, 2.05) is 6.07 Å². The third-order valence-electron chi connectivity index (χ3n) is 1.88. The monoisotopic (exact) mass is 179 g/mol. The second-order valence-electron chi connectivity index (χ2n) is 2.79. The van der Waals surface area contributed by atoms with Gasteiger partial charge in [0.15, 0.2) is 5.78 Å². The molecular formula is C10H13NO2. The molecule has 1 aromatic rings. The van der Waals surface area contributed by atoms with Gasteiger partial charge in [-0.25, -0.2) is 0 Å². The molecule has 0 amide bonds. The Morgan fingerprint density at radius 3 is 2.69 bits per heavy atom. The average Bonchev–Trinajstić information content (AvgIpc) is 2.16. The fraction of sp³-hybridized carbons (Fsp3) is 0.300. The number of carbonyl (C=O) groups is 1. The van der Waals surface area contributed by atoms with E-state index in [4.69, 9.17) is 10.5 Å². The summed E-state index contributed by atoms with van der Waals surface area (Å²) in [5, 5.41) is 0. The van der Waals surface area contributed by atoms with Gasteiger partial charge in [-0.15, -0.1) is 0 Å². The Hall–Kier alpha value is -1.35. The standard InChI is InChI=1S/C10H13NO2/c1-7(12)9-4-3-8(6-11)5-10(9)13-2/h3-5H,6,11H2,1-2H3. The van der Waals surface area contributed by atoms with Gasteiger partial charge in [0.25, 0.3) is 0 Å². The van der Waals surface area contributed by atoms with Crippen molar-refractivity contribution in [2.24, 2.45) is 5.73 Å². The second-order valence-corrected chi connectivity index (χ2v) is 2.79. The maximum atomic E-state index is 11.1. The molecule has 1 aromatic carbocycles. The van der Waals surface area contributed by atoms with E-state index >= 15 is 0 Å². The van der Waals surface area contributed by atoms with Crippen LogP contribution >= 0.6 is 0 Å². The largest absolute Gasteiger partial charge is 0.496 e. The van der Waals surface area contributed by atoms with Crippen LogP contribution in [0.3, 0.4) is 0 Å². The number of nitrogens with two attached hydrogens (primary N) is 1. The molecule has 0 aliphatic heterocycles. The molecule has 70 valence electrons. The number of hydrogen-bond acceptors (Lipinski definition) is 3. The van der Waals surface area contributed by atoms with Crippen molar-refractivity contribution in [1.29, 1.82) is 0 Å². The number of Topliss-reactive ketones (excluding diaryl/α,β-unsaturated/α-hetero) is 1. The minimum Gasteiger partial charge on any atom is -0.496 e. The Morgan fingerprint density at radius 1 is 1.54 bits per heavy atom. The van der Waals surface area contributed by atoms with Gasteiger partial charge < -0.3 is 10.5 Å². The fourth-order valence-electron chi connectivity index (χ4n) is 1.15. The van der Waals surface area contributed by atoms with Gasteiger partial charge in [-0.2, -0.15) is 0 Å². The van der Waals surface area contributed by atoms with Crippen molar-refractivity contribution < 1.29 is 9.53 Å². The summed E-state index contributed by atoms with van der Waals surface area (Å²) in [4.78, 5) is 11.1. The van der Waals surface area contributed by atoms with Crippen molar-refractivity contribution in [3.63, 3.8) is 0 Å². The molecule has 0 fully saturated rings. The average molecular weight is 179 g/mol. The van der Waals surface area contributed by atoms with E-state index in [0.29, 0.717) is 17.9 Å². The van der Waals surface area contributed by atoms with Crippen molar-refractivity contribution in [2.75, 3.05) is 7.11 Å². The van der Waals surface area contributed by atoms with Crippen LogP contribution in [-0.4, -0.2) is 12.9 Å². The summed E-state index contributed by atoms with van der Waals surface area (Å²) >= 11 is 0. The zero-order valence-corrected chi connectivity index (χ0v) is 7.83. The molecule has 0 heterocycles. The molecule has 0 spiro atoms. The van der Waals surface area contributed by atoms with Crippen LogP contribution in [0.25, 0.3) is 0 Å². The Morgan fingerprint density at radius 2 is 2.23 bits per heavy atom. The van der Waals surface area contributed by atoms with Crippen LogP contribution in [0.4, 0.5) is 0 Å². The summed E-state index contributed by atoms with van der Waals surface area (Å²) in [5.74, 6) is 0.593. The maximum Gasteiger partial charge on any atom is 0.163 e. The van der Waals surface area contributed by atoms with E-state index in [-0.39, 0.29) is 5.78 Å². The minimum absolute atomic E-state index is 0.000390.